The molecule has 9 nitrogen and oxygen atoms in total. The summed E-state index contributed by atoms with van der Waals surface area (Å²) in [5.41, 5.74) is 2.77. The molecule has 0 saturated carbocycles. The van der Waals surface area contributed by atoms with Crippen LogP contribution in [0.5, 0.6) is 11.5 Å². The van der Waals surface area contributed by atoms with Crippen molar-refractivity contribution in [2.75, 3.05) is 44.9 Å². The Balaban J connectivity index is 1.67. The number of carbonyl (C=O) groups excluding carboxylic acids is 3. The van der Waals surface area contributed by atoms with Crippen LogP contribution in [0.1, 0.15) is 48.8 Å². The van der Waals surface area contributed by atoms with E-state index in [9.17, 15) is 14.4 Å². The number of esters is 2. The van der Waals surface area contributed by atoms with Crippen LogP contribution in [0.25, 0.3) is 10.4 Å². The normalized spacial score (nSPS) is 14.0. The Bertz CT molecular complexity index is 1450. The smallest absolute Gasteiger partial charge is 0.351 e. The Morgan fingerprint density at radius 1 is 1.07 bits per heavy atom. The highest BCUT2D eigenvalue weighted by molar-refractivity contribution is 9.10. The van der Waals surface area contributed by atoms with E-state index in [1.807, 2.05) is 54.3 Å². The van der Waals surface area contributed by atoms with Gasteiger partial charge in [-0.1, -0.05) is 37.3 Å². The van der Waals surface area contributed by atoms with E-state index in [1.54, 1.807) is 6.92 Å². The first kappa shape index (κ1) is 33.5. The van der Waals surface area contributed by atoms with Gasteiger partial charge in [0, 0.05) is 18.2 Å². The fourth-order valence-electron chi connectivity index (χ4n) is 5.30. The molecule has 0 radical (unpaired) electrons. The maximum atomic E-state index is 14.3. The minimum atomic E-state index is -0.682. The van der Waals surface area contributed by atoms with Gasteiger partial charge in [0.1, 0.15) is 5.75 Å². The summed E-state index contributed by atoms with van der Waals surface area (Å²) >= 11 is 4.74. The van der Waals surface area contributed by atoms with Gasteiger partial charge in [0.05, 0.1) is 23.1 Å². The Hall–Kier alpha value is -3.41. The number of benzene rings is 2. The molecule has 2 aromatic carbocycles. The van der Waals surface area contributed by atoms with E-state index in [0.29, 0.717) is 21.6 Å². The number of carbonyl (C=O) groups is 3. The van der Waals surface area contributed by atoms with Gasteiger partial charge in [-0.15, -0.1) is 11.3 Å². The lowest BCUT2D eigenvalue weighted by Crippen LogP contribution is -2.48. The average molecular weight is 688 g/mol. The largest absolute Gasteiger partial charge is 0.480 e. The molecule has 2 heterocycles. The third kappa shape index (κ3) is 7.80. The van der Waals surface area contributed by atoms with Crippen molar-refractivity contribution in [3.05, 3.63) is 63.4 Å². The number of ether oxygens (including phenoxy) is 4. The zero-order valence-electron chi connectivity index (χ0n) is 25.5. The standard InChI is InChI=1S/C33H39BrN2O7S/c1-5-21-11-8-9-14-25(21)36(6-2)32(38)28(22-15-17-35-18-16-22)43-24-13-10-12-23(19-24)30-27(34)29(31(44-30)33(39)40-4)42-20-26(37)41-7-3/h8-14,19,22,28,35H,5-7,15-18,20H2,1-4H3. The van der Waals surface area contributed by atoms with Crippen molar-refractivity contribution in [1.29, 1.82) is 0 Å². The molecular formula is C33H39BrN2O7S. The summed E-state index contributed by atoms with van der Waals surface area (Å²) in [5.74, 6) is -0.421. The number of para-hydroxylation sites is 1. The first-order valence-electron chi connectivity index (χ1n) is 14.9. The number of likely N-dealkylation sites (N-methyl/N-ethyl adjacent to an activating group) is 1. The van der Waals surface area contributed by atoms with Gasteiger partial charge < -0.3 is 29.2 Å². The molecule has 1 unspecified atom stereocenters. The zero-order valence-corrected chi connectivity index (χ0v) is 27.9. The molecule has 0 spiro atoms. The summed E-state index contributed by atoms with van der Waals surface area (Å²) in [6, 6.07) is 15.4. The van der Waals surface area contributed by atoms with Crippen molar-refractivity contribution in [3.63, 3.8) is 0 Å². The van der Waals surface area contributed by atoms with Crippen molar-refractivity contribution in [2.45, 2.75) is 46.1 Å². The number of methoxy groups -OCH3 is 1. The number of hydrogen-bond donors (Lipinski definition) is 1. The SMILES string of the molecule is CCOC(=O)COc1c(C(=O)OC)sc(-c2cccc(OC(C(=O)N(CC)c3ccccc3CC)C3CCNCC3)c2)c1Br. The summed E-state index contributed by atoms with van der Waals surface area (Å²) in [6.07, 6.45) is 1.78. The number of nitrogens with zero attached hydrogens (tertiary/aromatic N) is 1. The molecule has 3 aromatic rings. The van der Waals surface area contributed by atoms with E-state index in [4.69, 9.17) is 18.9 Å². The van der Waals surface area contributed by atoms with E-state index in [2.05, 4.69) is 34.2 Å². The van der Waals surface area contributed by atoms with Crippen molar-refractivity contribution in [2.24, 2.45) is 5.92 Å². The lowest BCUT2D eigenvalue weighted by atomic mass is 9.90. The van der Waals surface area contributed by atoms with Gasteiger partial charge in [-0.05, 0) is 91.5 Å². The van der Waals surface area contributed by atoms with Gasteiger partial charge in [0.2, 0.25) is 0 Å². The summed E-state index contributed by atoms with van der Waals surface area (Å²) in [5, 5.41) is 3.39. The highest BCUT2D eigenvalue weighted by atomic mass is 79.9. The Morgan fingerprint density at radius 2 is 1.82 bits per heavy atom. The molecule has 1 saturated heterocycles. The molecule has 0 bridgehead atoms. The van der Waals surface area contributed by atoms with Crippen LogP contribution in [0, 0.1) is 5.92 Å². The molecule has 1 fully saturated rings. The van der Waals surface area contributed by atoms with Gasteiger partial charge in [-0.3, -0.25) is 4.79 Å². The van der Waals surface area contributed by atoms with Gasteiger partial charge >= 0.3 is 11.9 Å². The summed E-state index contributed by atoms with van der Waals surface area (Å²) in [7, 11) is 1.29. The molecule has 1 aromatic heterocycles. The molecule has 1 N–H and O–H groups in total. The van der Waals surface area contributed by atoms with Crippen molar-refractivity contribution in [3.8, 4) is 21.9 Å². The monoisotopic (exact) mass is 686 g/mol. The van der Waals surface area contributed by atoms with Gasteiger partial charge in [0.25, 0.3) is 5.91 Å². The first-order valence-corrected chi connectivity index (χ1v) is 16.5. The van der Waals surface area contributed by atoms with E-state index >= 15 is 0 Å². The molecule has 1 amide bonds. The predicted octanol–water partition coefficient (Wildman–Crippen LogP) is 6.27. The number of amides is 1. The Kier molecular flexibility index (Phi) is 12.2. The fourth-order valence-corrected chi connectivity index (χ4v) is 7.26. The van der Waals surface area contributed by atoms with Crippen LogP contribution in [0.15, 0.2) is 53.0 Å². The number of anilines is 1. The van der Waals surface area contributed by atoms with E-state index in [0.717, 1.165) is 49.2 Å². The lowest BCUT2D eigenvalue weighted by Gasteiger charge is -2.34. The zero-order chi connectivity index (χ0) is 31.6. The molecule has 1 atom stereocenters. The molecule has 11 heteroatoms. The highest BCUT2D eigenvalue weighted by Crippen LogP contribution is 2.46. The van der Waals surface area contributed by atoms with Crippen molar-refractivity contribution >= 4 is 50.8 Å². The maximum absolute atomic E-state index is 14.3. The molecule has 1 aliphatic rings. The number of rotatable bonds is 13. The van der Waals surface area contributed by atoms with Crippen LogP contribution < -0.4 is 19.7 Å². The fraction of sp³-hybridized carbons (Fsp3) is 0.424. The van der Waals surface area contributed by atoms with Crippen molar-refractivity contribution in [1.82, 2.24) is 5.32 Å². The first-order chi connectivity index (χ1) is 21.3. The van der Waals surface area contributed by atoms with Crippen LogP contribution in [-0.2, 0) is 25.5 Å². The summed E-state index contributed by atoms with van der Waals surface area (Å²) in [4.78, 5) is 41.6. The maximum Gasteiger partial charge on any atom is 0.351 e. The lowest BCUT2D eigenvalue weighted by molar-refractivity contribution is -0.145. The molecular weight excluding hydrogens is 648 g/mol. The molecule has 4 rings (SSSR count). The van der Waals surface area contributed by atoms with Crippen LogP contribution in [0.3, 0.4) is 0 Å². The van der Waals surface area contributed by atoms with Crippen LogP contribution in [-0.4, -0.2) is 63.9 Å². The van der Waals surface area contributed by atoms with E-state index in [-0.39, 0.29) is 35.7 Å². The second-order valence-electron chi connectivity index (χ2n) is 10.2. The third-order valence-corrected chi connectivity index (χ3v) is 9.70. The van der Waals surface area contributed by atoms with Crippen LogP contribution in [0.2, 0.25) is 0 Å². The van der Waals surface area contributed by atoms with Gasteiger partial charge in [-0.2, -0.15) is 0 Å². The number of nitrogens with one attached hydrogen (secondary N) is 1. The molecule has 44 heavy (non-hydrogen) atoms. The predicted molar refractivity (Wildman–Crippen MR) is 175 cm³/mol. The number of hydrogen-bond acceptors (Lipinski definition) is 9. The summed E-state index contributed by atoms with van der Waals surface area (Å²) in [6.45, 7) is 7.81. The van der Waals surface area contributed by atoms with Crippen LogP contribution in [0.4, 0.5) is 5.69 Å². The quantitative estimate of drug-likeness (QED) is 0.210. The second-order valence-corrected chi connectivity index (χ2v) is 12.0. The van der Waals surface area contributed by atoms with E-state index in [1.165, 1.54) is 18.4 Å². The Labute approximate surface area is 271 Å². The number of piperidine rings is 1. The van der Waals surface area contributed by atoms with Crippen LogP contribution >= 0.6 is 27.3 Å². The van der Waals surface area contributed by atoms with Gasteiger partial charge in [-0.25, -0.2) is 9.59 Å². The molecule has 0 aliphatic carbocycles. The highest BCUT2D eigenvalue weighted by Gasteiger charge is 2.35. The third-order valence-electron chi connectivity index (χ3n) is 7.48. The Morgan fingerprint density at radius 3 is 2.50 bits per heavy atom. The van der Waals surface area contributed by atoms with Gasteiger partial charge in [0.15, 0.2) is 23.3 Å². The number of halogens is 1. The molecule has 1 aliphatic heterocycles. The van der Waals surface area contributed by atoms with E-state index < -0.39 is 18.0 Å². The topological polar surface area (TPSA) is 103 Å². The summed E-state index contributed by atoms with van der Waals surface area (Å²) < 4.78 is 22.7. The minimum absolute atomic E-state index is 0.0394. The average Bonchev–Trinajstić information content (AvgIpc) is 3.39. The molecule has 236 valence electrons. The van der Waals surface area contributed by atoms with Crippen molar-refractivity contribution < 1.29 is 33.3 Å². The number of thiophene rings is 1. The minimum Gasteiger partial charge on any atom is -0.480 e. The second kappa shape index (κ2) is 16.1. The number of aryl methyl sites for hydroxylation is 1.